The zero-order chi connectivity index (χ0) is 6.08. The molecule has 0 amide bonds. The maximum atomic E-state index is 9.98. The first-order chi connectivity index (χ1) is 2.94. The summed E-state index contributed by atoms with van der Waals surface area (Å²) in [5.41, 5.74) is 0. The molecule has 2 nitrogen and oxygen atoms in total. The Balaban J connectivity index is 3.79. The third-order valence-electron chi connectivity index (χ3n) is 0.509. The number of hydrogen-bond donors (Lipinski definition) is 1. The van der Waals surface area contributed by atoms with Crippen LogP contribution in [0, 0.1) is 0 Å². The fraction of sp³-hybridized carbons (Fsp3) is 0.667. The summed E-state index contributed by atoms with van der Waals surface area (Å²) in [5.74, 6) is 0. The monoisotopic (exact) mass is 230 g/mol. The number of carboxylic acid groups (broad SMARTS) is 1. The van der Waals surface area contributed by atoms with Crippen molar-refractivity contribution < 1.29 is 9.90 Å². The fourth-order valence-electron chi connectivity index (χ4n) is 0. The van der Waals surface area contributed by atoms with Gasteiger partial charge in [-0.05, 0) is 0 Å². The summed E-state index contributed by atoms with van der Waals surface area (Å²) in [7, 11) is 5.48. The molecule has 0 aliphatic heterocycles. The molecule has 4 heteroatoms. The van der Waals surface area contributed by atoms with Crippen LogP contribution in [0.15, 0.2) is 0 Å². The van der Waals surface area contributed by atoms with Gasteiger partial charge in [-0.3, -0.25) is 0 Å². The molecule has 42 valence electrons. The van der Waals surface area contributed by atoms with E-state index >= 15 is 0 Å². The van der Waals surface area contributed by atoms with Crippen LogP contribution in [-0.4, -0.2) is 26.3 Å². The standard InChI is InChI=1S/CHO2.2CH3.ClH.Sn/c2-1-3;;;;/h(H,2,3);2*1H3;1H;/q;;;;+1/p-1. The summed E-state index contributed by atoms with van der Waals surface area (Å²) in [6.45, 7) is 0. The van der Waals surface area contributed by atoms with Crippen LogP contribution < -0.4 is 0 Å². The van der Waals surface area contributed by atoms with Gasteiger partial charge in [-0.25, -0.2) is 0 Å². The molecule has 0 atom stereocenters. The maximum absolute atomic E-state index is 9.98. The molecule has 0 aromatic carbocycles. The molecular formula is C3H7ClO2Sn. The van der Waals surface area contributed by atoms with Gasteiger partial charge in [0.1, 0.15) is 0 Å². The summed E-state index contributed by atoms with van der Waals surface area (Å²) in [6, 6.07) is 0. The van der Waals surface area contributed by atoms with E-state index in [2.05, 4.69) is 0 Å². The number of rotatable bonds is 1. The molecule has 0 spiro atoms. The minimum absolute atomic E-state index is 0.782. The molecule has 0 aliphatic carbocycles. The first kappa shape index (κ1) is 7.56. The van der Waals surface area contributed by atoms with Crippen LogP contribution in [-0.2, 0) is 0 Å². The van der Waals surface area contributed by atoms with E-state index in [1.165, 1.54) is 0 Å². The SMILES string of the molecule is [CH3][Sn]([CH3])([Cl])[C](=O)O. The van der Waals surface area contributed by atoms with Crippen molar-refractivity contribution in [3.63, 3.8) is 0 Å². The van der Waals surface area contributed by atoms with Crippen LogP contribution in [0.3, 0.4) is 0 Å². The van der Waals surface area contributed by atoms with Crippen molar-refractivity contribution in [3.8, 4) is 0 Å². The summed E-state index contributed by atoms with van der Waals surface area (Å²) >= 11 is -2.98. The second-order valence-electron chi connectivity index (χ2n) is 1.78. The van der Waals surface area contributed by atoms with Gasteiger partial charge in [0.25, 0.3) is 0 Å². The zero-order valence-corrected chi connectivity index (χ0v) is 7.84. The normalized spacial score (nSPS) is 11.3. The van der Waals surface area contributed by atoms with Gasteiger partial charge in [0.15, 0.2) is 0 Å². The van der Waals surface area contributed by atoms with Gasteiger partial charge in [-0.15, -0.1) is 0 Å². The van der Waals surface area contributed by atoms with E-state index in [1.54, 1.807) is 9.88 Å². The Morgan fingerprint density at radius 2 is 1.86 bits per heavy atom. The molecule has 0 rings (SSSR count). The van der Waals surface area contributed by atoms with Crippen molar-refractivity contribution in [3.05, 3.63) is 0 Å². The first-order valence-electron chi connectivity index (χ1n) is 1.87. The molecule has 0 radical (unpaired) electrons. The van der Waals surface area contributed by atoms with Crippen molar-refractivity contribution >= 4 is 30.2 Å². The van der Waals surface area contributed by atoms with Crippen molar-refractivity contribution in [2.75, 3.05) is 0 Å². The predicted octanol–water partition coefficient (Wildman–Crippen LogP) is 1.69. The molecule has 0 bridgehead atoms. The van der Waals surface area contributed by atoms with E-state index in [0.717, 1.165) is 0 Å². The number of hydrogen-bond acceptors (Lipinski definition) is 1. The van der Waals surface area contributed by atoms with E-state index in [1.807, 2.05) is 0 Å². The Bertz CT molecular complexity index is 85.4. The summed E-state index contributed by atoms with van der Waals surface area (Å²) in [5, 5.41) is 8.21. The first-order valence-corrected chi connectivity index (χ1v) is 12.6. The molecule has 1 N–H and O–H groups in total. The minimum atomic E-state index is -2.98. The zero-order valence-electron chi connectivity index (χ0n) is 4.23. The number of halogens is 1. The van der Waals surface area contributed by atoms with E-state index in [9.17, 15) is 4.79 Å². The fourth-order valence-corrected chi connectivity index (χ4v) is 0. The van der Waals surface area contributed by atoms with Crippen LogP contribution >= 0.6 is 8.92 Å². The Morgan fingerprint density at radius 3 is 1.86 bits per heavy atom. The second-order valence-corrected chi connectivity index (χ2v) is 17.7. The average molecular weight is 229 g/mol. The van der Waals surface area contributed by atoms with Crippen LogP contribution in [0.1, 0.15) is 0 Å². The van der Waals surface area contributed by atoms with Gasteiger partial charge in [0, 0.05) is 0 Å². The van der Waals surface area contributed by atoms with Crippen LogP contribution in [0.4, 0.5) is 4.79 Å². The van der Waals surface area contributed by atoms with E-state index < -0.39 is 21.2 Å². The van der Waals surface area contributed by atoms with Crippen LogP contribution in [0.5, 0.6) is 0 Å². The van der Waals surface area contributed by atoms with Crippen molar-refractivity contribution in [2.45, 2.75) is 9.88 Å². The Hall–Kier alpha value is 0.559. The van der Waals surface area contributed by atoms with Gasteiger partial charge in [0.05, 0.1) is 0 Å². The van der Waals surface area contributed by atoms with Gasteiger partial charge in [-0.2, -0.15) is 0 Å². The Labute approximate surface area is 50.1 Å². The third-order valence-corrected chi connectivity index (χ3v) is 4.50. The van der Waals surface area contributed by atoms with E-state index in [4.69, 9.17) is 14.0 Å². The quantitative estimate of drug-likeness (QED) is 0.695. The van der Waals surface area contributed by atoms with Gasteiger partial charge in [0.2, 0.25) is 0 Å². The predicted molar refractivity (Wildman–Crippen MR) is 31.4 cm³/mol. The van der Waals surface area contributed by atoms with E-state index in [-0.39, 0.29) is 0 Å². The Kier molecular flexibility index (Phi) is 2.40. The van der Waals surface area contributed by atoms with E-state index in [0.29, 0.717) is 0 Å². The summed E-state index contributed by atoms with van der Waals surface area (Å²) < 4.78 is -0.782. The molecular weight excluding hydrogens is 222 g/mol. The molecule has 0 unspecified atom stereocenters. The third kappa shape index (κ3) is 3.17. The molecule has 0 aromatic heterocycles. The number of carbonyl (C=O) groups is 1. The van der Waals surface area contributed by atoms with Crippen molar-refractivity contribution in [1.82, 2.24) is 0 Å². The van der Waals surface area contributed by atoms with Gasteiger partial charge in [-0.1, -0.05) is 0 Å². The van der Waals surface area contributed by atoms with Gasteiger partial charge >= 0.3 is 49.9 Å². The van der Waals surface area contributed by atoms with Crippen molar-refractivity contribution in [1.29, 1.82) is 0 Å². The molecule has 0 saturated carbocycles. The molecule has 0 heterocycles. The molecule has 0 aromatic rings. The molecule has 7 heavy (non-hydrogen) atoms. The van der Waals surface area contributed by atoms with Crippen molar-refractivity contribution in [2.24, 2.45) is 0 Å². The molecule has 0 aliphatic rings. The summed E-state index contributed by atoms with van der Waals surface area (Å²) in [6.07, 6.45) is 0. The molecule has 0 fully saturated rings. The van der Waals surface area contributed by atoms with Crippen LogP contribution in [0.2, 0.25) is 9.88 Å². The topological polar surface area (TPSA) is 37.3 Å². The molecule has 0 saturated heterocycles. The Morgan fingerprint density at radius 1 is 1.71 bits per heavy atom. The van der Waals surface area contributed by atoms with Gasteiger partial charge < -0.3 is 0 Å². The second kappa shape index (κ2) is 2.22. The average Bonchev–Trinajstić information content (AvgIpc) is 1.31. The van der Waals surface area contributed by atoms with Crippen LogP contribution in [0.25, 0.3) is 0 Å². The summed E-state index contributed by atoms with van der Waals surface area (Å²) in [4.78, 5) is 13.3.